The van der Waals surface area contributed by atoms with Gasteiger partial charge in [0, 0.05) is 26.1 Å². The quantitative estimate of drug-likeness (QED) is 0.517. The molecule has 1 saturated carbocycles. The summed E-state index contributed by atoms with van der Waals surface area (Å²) in [5, 5.41) is 24.5. The Morgan fingerprint density at radius 2 is 1.71 bits per heavy atom. The molecule has 2 aliphatic heterocycles. The lowest BCUT2D eigenvalue weighted by Gasteiger charge is -2.36. The number of hydrogen-bond acceptors (Lipinski definition) is 5. The van der Waals surface area contributed by atoms with Crippen molar-refractivity contribution in [2.24, 2.45) is 5.92 Å². The van der Waals surface area contributed by atoms with E-state index in [-0.39, 0.29) is 30.7 Å². The molecule has 1 aliphatic carbocycles. The molecule has 2 aromatic rings. The number of aliphatic hydroxyl groups is 2. The SMILES string of the molecule is CC(C)[C@@H](C(=O)N1C[C@H](O)C[C@H]1C(=O)NCc1ccc(C2CCCCC2)cc1)N1Cc2ccccc2C1O. The molecule has 4 atom stereocenters. The first kappa shape index (κ1) is 26.9. The number of β-amino-alcohol motifs (C(OH)–C–C–N with tert-alkyl or cyclic N) is 1. The summed E-state index contributed by atoms with van der Waals surface area (Å²) in [6.45, 7) is 4.88. The Morgan fingerprint density at radius 1 is 1.00 bits per heavy atom. The number of nitrogens with zero attached hydrogens (tertiary/aromatic N) is 2. The average molecular weight is 520 g/mol. The van der Waals surface area contributed by atoms with E-state index < -0.39 is 24.4 Å². The summed E-state index contributed by atoms with van der Waals surface area (Å²) < 4.78 is 0. The lowest BCUT2D eigenvalue weighted by molar-refractivity contribution is -0.149. The van der Waals surface area contributed by atoms with Crippen molar-refractivity contribution in [1.82, 2.24) is 15.1 Å². The van der Waals surface area contributed by atoms with Gasteiger partial charge in [0.1, 0.15) is 12.3 Å². The highest BCUT2D eigenvalue weighted by atomic mass is 16.3. The standard InChI is InChI=1S/C31H41N3O4/c1-20(2)28(34-18-24-10-6-7-11-26(24)30(34)37)31(38)33-19-25(35)16-27(33)29(36)32-17-21-12-14-23(15-13-21)22-8-4-3-5-9-22/h6-7,10-15,20,22,25,27-28,30,35,37H,3-5,8-9,16-19H2,1-2H3,(H,32,36)/t25-,27+,28+,30?/m1/s1. The molecule has 0 radical (unpaired) electrons. The minimum Gasteiger partial charge on any atom is -0.391 e. The first-order chi connectivity index (χ1) is 18.3. The van der Waals surface area contributed by atoms with E-state index in [1.54, 1.807) is 0 Å². The lowest BCUT2D eigenvalue weighted by atomic mass is 9.84. The first-order valence-electron chi connectivity index (χ1n) is 14.2. The van der Waals surface area contributed by atoms with Gasteiger partial charge >= 0.3 is 0 Å². The number of rotatable bonds is 7. The molecule has 204 valence electrons. The molecular weight excluding hydrogens is 478 g/mol. The van der Waals surface area contributed by atoms with Crippen molar-refractivity contribution in [2.75, 3.05) is 6.54 Å². The Morgan fingerprint density at radius 3 is 2.39 bits per heavy atom. The van der Waals surface area contributed by atoms with Crippen molar-refractivity contribution < 1.29 is 19.8 Å². The molecule has 3 N–H and O–H groups in total. The van der Waals surface area contributed by atoms with E-state index >= 15 is 0 Å². The van der Waals surface area contributed by atoms with E-state index in [0.29, 0.717) is 19.0 Å². The van der Waals surface area contributed by atoms with Crippen LogP contribution in [0.3, 0.4) is 0 Å². The Bertz CT molecular complexity index is 1130. The van der Waals surface area contributed by atoms with Crippen LogP contribution in [0.5, 0.6) is 0 Å². The highest BCUT2D eigenvalue weighted by molar-refractivity contribution is 5.90. The maximum absolute atomic E-state index is 13.9. The van der Waals surface area contributed by atoms with Crippen LogP contribution < -0.4 is 5.32 Å². The summed E-state index contributed by atoms with van der Waals surface area (Å²) in [6, 6.07) is 14.9. The average Bonchev–Trinajstić information content (AvgIpc) is 3.48. The Labute approximate surface area is 225 Å². The van der Waals surface area contributed by atoms with Crippen LogP contribution in [0.4, 0.5) is 0 Å². The molecular formula is C31H41N3O4. The molecule has 2 fully saturated rings. The topological polar surface area (TPSA) is 93.1 Å². The molecule has 1 unspecified atom stereocenters. The van der Waals surface area contributed by atoms with E-state index in [2.05, 4.69) is 29.6 Å². The minimum absolute atomic E-state index is 0.0874. The zero-order valence-electron chi connectivity index (χ0n) is 22.6. The summed E-state index contributed by atoms with van der Waals surface area (Å²) in [5.74, 6) is 0.0813. The van der Waals surface area contributed by atoms with Gasteiger partial charge in [-0.15, -0.1) is 0 Å². The second kappa shape index (κ2) is 11.6. The van der Waals surface area contributed by atoms with Gasteiger partial charge in [0.15, 0.2) is 0 Å². The van der Waals surface area contributed by atoms with Crippen molar-refractivity contribution in [1.29, 1.82) is 0 Å². The summed E-state index contributed by atoms with van der Waals surface area (Å²) in [5.41, 5.74) is 4.22. The van der Waals surface area contributed by atoms with E-state index in [1.807, 2.05) is 43.0 Å². The molecule has 0 spiro atoms. The molecule has 3 aliphatic rings. The summed E-state index contributed by atoms with van der Waals surface area (Å²) in [7, 11) is 0. The predicted molar refractivity (Wildman–Crippen MR) is 146 cm³/mol. The van der Waals surface area contributed by atoms with Gasteiger partial charge in [-0.3, -0.25) is 14.5 Å². The maximum atomic E-state index is 13.9. The zero-order valence-corrected chi connectivity index (χ0v) is 22.6. The number of aliphatic hydroxyl groups excluding tert-OH is 2. The number of likely N-dealkylation sites (tertiary alicyclic amines) is 1. The van der Waals surface area contributed by atoms with Gasteiger partial charge < -0.3 is 20.4 Å². The third-order valence-corrected chi connectivity index (χ3v) is 8.63. The fourth-order valence-corrected chi connectivity index (χ4v) is 6.58. The highest BCUT2D eigenvalue weighted by Gasteiger charge is 2.46. The van der Waals surface area contributed by atoms with Crippen molar-refractivity contribution in [3.8, 4) is 0 Å². The van der Waals surface area contributed by atoms with Gasteiger partial charge in [-0.2, -0.15) is 0 Å². The molecule has 38 heavy (non-hydrogen) atoms. The van der Waals surface area contributed by atoms with Gasteiger partial charge in [0.25, 0.3) is 0 Å². The van der Waals surface area contributed by atoms with E-state index in [0.717, 1.165) is 16.7 Å². The predicted octanol–water partition coefficient (Wildman–Crippen LogP) is 3.84. The molecule has 5 rings (SSSR count). The van der Waals surface area contributed by atoms with E-state index in [9.17, 15) is 19.8 Å². The Balaban J connectivity index is 1.24. The third kappa shape index (κ3) is 5.51. The van der Waals surface area contributed by atoms with Gasteiger partial charge in [0.2, 0.25) is 11.8 Å². The second-order valence-corrected chi connectivity index (χ2v) is 11.6. The fourth-order valence-electron chi connectivity index (χ4n) is 6.58. The van der Waals surface area contributed by atoms with Crippen molar-refractivity contribution >= 4 is 11.8 Å². The number of nitrogens with one attached hydrogen (secondary N) is 1. The number of hydrogen-bond donors (Lipinski definition) is 3. The number of carbonyl (C=O) groups is 2. The largest absolute Gasteiger partial charge is 0.391 e. The molecule has 2 amide bonds. The Hall–Kier alpha value is -2.74. The van der Waals surface area contributed by atoms with Crippen molar-refractivity contribution in [2.45, 2.75) is 95.8 Å². The smallest absolute Gasteiger partial charge is 0.243 e. The van der Waals surface area contributed by atoms with Crippen LogP contribution in [0.25, 0.3) is 0 Å². The number of benzene rings is 2. The minimum atomic E-state index is -0.876. The molecule has 0 aromatic heterocycles. The molecule has 7 nitrogen and oxygen atoms in total. The lowest BCUT2D eigenvalue weighted by Crippen LogP contribution is -2.54. The molecule has 2 aromatic carbocycles. The van der Waals surface area contributed by atoms with Crippen LogP contribution in [0.1, 0.15) is 86.8 Å². The Kier molecular flexibility index (Phi) is 8.17. The van der Waals surface area contributed by atoms with Gasteiger partial charge in [-0.05, 0) is 46.9 Å². The molecule has 2 heterocycles. The maximum Gasteiger partial charge on any atom is 0.243 e. The molecule has 1 saturated heterocycles. The second-order valence-electron chi connectivity index (χ2n) is 11.6. The van der Waals surface area contributed by atoms with Gasteiger partial charge in [-0.25, -0.2) is 0 Å². The summed E-state index contributed by atoms with van der Waals surface area (Å²) in [4.78, 5) is 30.5. The number of amides is 2. The first-order valence-corrected chi connectivity index (χ1v) is 14.2. The fraction of sp³-hybridized carbons (Fsp3) is 0.548. The van der Waals surface area contributed by atoms with Gasteiger partial charge in [-0.1, -0.05) is 81.6 Å². The van der Waals surface area contributed by atoms with Crippen LogP contribution >= 0.6 is 0 Å². The van der Waals surface area contributed by atoms with Crippen molar-refractivity contribution in [3.05, 3.63) is 70.8 Å². The highest BCUT2D eigenvalue weighted by Crippen LogP contribution is 2.36. The van der Waals surface area contributed by atoms with E-state index in [1.165, 1.54) is 42.6 Å². The van der Waals surface area contributed by atoms with Crippen LogP contribution in [0.2, 0.25) is 0 Å². The summed E-state index contributed by atoms with van der Waals surface area (Å²) >= 11 is 0. The van der Waals surface area contributed by atoms with Crippen molar-refractivity contribution in [3.63, 3.8) is 0 Å². The number of carbonyl (C=O) groups excluding carboxylic acids is 2. The monoisotopic (exact) mass is 519 g/mol. The molecule has 7 heteroatoms. The van der Waals surface area contributed by atoms with Crippen LogP contribution in [0.15, 0.2) is 48.5 Å². The van der Waals surface area contributed by atoms with E-state index in [4.69, 9.17) is 0 Å². The number of fused-ring (bicyclic) bond motifs is 1. The molecule has 0 bridgehead atoms. The van der Waals surface area contributed by atoms with Gasteiger partial charge in [0.05, 0.1) is 12.1 Å². The zero-order chi connectivity index (χ0) is 26.8. The van der Waals surface area contributed by atoms with Crippen LogP contribution in [-0.4, -0.2) is 56.6 Å². The summed E-state index contributed by atoms with van der Waals surface area (Å²) in [6.07, 6.45) is 5.02. The van der Waals surface area contributed by atoms with Crippen LogP contribution in [0, 0.1) is 5.92 Å². The normalized spacial score (nSPS) is 25.0. The van der Waals surface area contributed by atoms with Crippen LogP contribution in [-0.2, 0) is 22.7 Å². The third-order valence-electron chi connectivity index (χ3n) is 8.63.